The van der Waals surface area contributed by atoms with Gasteiger partial charge in [0.15, 0.2) is 29.4 Å². The third kappa shape index (κ3) is 7.78. The van der Waals surface area contributed by atoms with E-state index in [1.165, 1.54) is 0 Å². The average molecular weight is 703 g/mol. The molecule has 3 fully saturated rings. The molecule has 3 heterocycles. The summed E-state index contributed by atoms with van der Waals surface area (Å²) in [5.41, 5.74) is 0. The molecule has 8 N–H and O–H groups in total. The van der Waals surface area contributed by atoms with Crippen LogP contribution in [0.2, 0.25) is 64.5 Å². The average Bonchev–Trinajstić information content (AvgIpc) is 2.91. The Morgan fingerprint density at radius 1 is 0.568 bits per heavy atom. The summed E-state index contributed by atoms with van der Waals surface area (Å²) >= 11 is 0. The van der Waals surface area contributed by atoms with Gasteiger partial charge in [0, 0.05) is 13.2 Å². The second-order valence-corrected chi connectivity index (χ2v) is 34.2. The summed E-state index contributed by atoms with van der Waals surface area (Å²) in [4.78, 5) is 0. The van der Waals surface area contributed by atoms with E-state index in [0.717, 1.165) is 24.9 Å². The summed E-state index contributed by atoms with van der Waals surface area (Å²) in [5.74, 6) is 0. The van der Waals surface area contributed by atoms with Crippen LogP contribution in [0.4, 0.5) is 0 Å². The Bertz CT molecular complexity index is 849. The summed E-state index contributed by atoms with van der Waals surface area (Å²) in [6.45, 7) is 19.1. The van der Waals surface area contributed by atoms with E-state index in [-0.39, 0.29) is 0 Å². The van der Waals surface area contributed by atoms with E-state index < -0.39 is 108 Å². The number of aliphatic hydroxyl groups is 8. The minimum Gasteiger partial charge on any atom is -0.394 e. The van der Waals surface area contributed by atoms with Gasteiger partial charge in [0.05, 0.1) is 13.2 Å². The minimum atomic E-state index is -1.92. The third-order valence-corrected chi connectivity index (χ3v) is 39.9. The predicted molar refractivity (Wildman–Crippen MR) is 172 cm³/mol. The predicted octanol–water partition coefficient (Wildman–Crippen LogP) is -1.17. The van der Waals surface area contributed by atoms with Gasteiger partial charge in [0.2, 0.25) is 0 Å². The Hall–Kier alpha value is 0.308. The lowest BCUT2D eigenvalue weighted by Gasteiger charge is -2.76. The zero-order valence-corrected chi connectivity index (χ0v) is 31.5. The van der Waals surface area contributed by atoms with Crippen molar-refractivity contribution in [2.45, 2.75) is 139 Å². The molecule has 0 aromatic heterocycles. The Labute approximate surface area is 265 Å². The normalized spacial score (nSPS) is 38.5. The van der Waals surface area contributed by atoms with Crippen molar-refractivity contribution in [3.63, 3.8) is 0 Å². The molecule has 3 aliphatic heterocycles. The molecular weight excluding hydrogens is 645 g/mol. The lowest BCUT2D eigenvalue weighted by Crippen LogP contribution is -2.97. The number of ether oxygens (including phenoxy) is 4. The van der Waals surface area contributed by atoms with Crippen LogP contribution < -0.4 is 0 Å². The molecule has 0 spiro atoms. The highest BCUT2D eigenvalue weighted by atomic mass is 28.6. The Morgan fingerprint density at radius 3 is 1.18 bits per heavy atom. The Balaban J connectivity index is 1.52. The van der Waals surface area contributed by atoms with Crippen molar-refractivity contribution < 1.29 is 59.8 Å². The summed E-state index contributed by atoms with van der Waals surface area (Å²) in [5, 5.41) is 79.4. The number of aliphatic hydroxyl groups excluding tert-OH is 8. The molecule has 260 valence electrons. The summed E-state index contributed by atoms with van der Waals surface area (Å²) < 4.78 is 28.4. The van der Waals surface area contributed by atoms with Gasteiger partial charge in [-0.1, -0.05) is 26.2 Å². The maximum atomic E-state index is 10.3. The van der Waals surface area contributed by atoms with Crippen LogP contribution in [-0.2, 0) is 18.9 Å². The van der Waals surface area contributed by atoms with Gasteiger partial charge in [-0.3, -0.25) is 0 Å². The van der Waals surface area contributed by atoms with Gasteiger partial charge in [0.25, 0.3) is 0 Å². The van der Waals surface area contributed by atoms with Crippen LogP contribution in [-0.4, -0.2) is 170 Å². The summed E-state index contributed by atoms with van der Waals surface area (Å²) in [6.07, 6.45) is -11.2. The van der Waals surface area contributed by atoms with Gasteiger partial charge >= 0.3 is 0 Å². The van der Waals surface area contributed by atoms with E-state index in [1.54, 1.807) is 0 Å². The first-order valence-electron chi connectivity index (χ1n) is 15.7. The topological polar surface area (TPSA) is 205 Å². The molecule has 44 heavy (non-hydrogen) atoms. The van der Waals surface area contributed by atoms with Crippen LogP contribution >= 0.6 is 0 Å². The highest BCUT2D eigenvalue weighted by Crippen LogP contribution is 2.48. The van der Waals surface area contributed by atoms with Crippen LogP contribution in [0.1, 0.15) is 12.8 Å². The molecule has 3 aliphatic rings. The molecule has 0 saturated carbocycles. The molecule has 0 unspecified atom stereocenters. The summed E-state index contributed by atoms with van der Waals surface area (Å²) in [6, 6.07) is 1.97. The molecule has 14 nitrogen and oxygen atoms in total. The molecule has 10 atom stereocenters. The highest BCUT2D eigenvalue weighted by Gasteiger charge is 2.68. The monoisotopic (exact) mass is 702 g/mol. The van der Waals surface area contributed by atoms with Crippen LogP contribution in [0.3, 0.4) is 0 Å². The van der Waals surface area contributed by atoms with Crippen molar-refractivity contribution in [2.24, 2.45) is 0 Å². The molecule has 0 aliphatic carbocycles. The first kappa shape index (κ1) is 38.8. The lowest BCUT2D eigenvalue weighted by molar-refractivity contribution is -0.301. The van der Waals surface area contributed by atoms with Crippen molar-refractivity contribution in [2.75, 3.05) is 26.4 Å². The van der Waals surface area contributed by atoms with E-state index in [9.17, 15) is 40.9 Å². The lowest BCUT2D eigenvalue weighted by atomic mass is 9.99. The van der Waals surface area contributed by atoms with Crippen molar-refractivity contribution in [1.29, 1.82) is 0 Å². The second kappa shape index (κ2) is 14.8. The van der Waals surface area contributed by atoms with Gasteiger partial charge in [0.1, 0.15) is 65.3 Å². The molecule has 0 aromatic rings. The van der Waals surface area contributed by atoms with Crippen LogP contribution in [0, 0.1) is 0 Å². The van der Waals surface area contributed by atoms with Crippen LogP contribution in [0.15, 0.2) is 0 Å². The van der Waals surface area contributed by atoms with E-state index in [4.69, 9.17) is 18.9 Å². The van der Waals surface area contributed by atoms with E-state index >= 15 is 0 Å². The quantitative estimate of drug-likeness (QED) is 0.0794. The van der Waals surface area contributed by atoms with Crippen molar-refractivity contribution in [1.82, 2.24) is 7.79 Å². The minimum absolute atomic E-state index is 0.329. The van der Waals surface area contributed by atoms with Crippen molar-refractivity contribution in [3.8, 4) is 0 Å². The largest absolute Gasteiger partial charge is 0.394 e. The molecule has 0 aromatic carbocycles. The summed E-state index contributed by atoms with van der Waals surface area (Å²) in [7, 11) is -7.56. The standard InChI is InChI=1S/C26H58N2O12Si4/c1-41(2,13-9-11-37-25-23(35)21(33)19(31)17(15-29)39-25)27-43(5,6)28(44(27,7)8)42(3,4)14-10-12-38-26-24(36)22(34)20(32)18(16-30)40-26/h17-26,29-36H,9-16H2,1-8H3/t17-,18-,19-,20-,21+,22+,23-,24-,25-,26-/m1/s1. The fraction of sp³-hybridized carbons (Fsp3) is 1.00. The zero-order valence-electron chi connectivity index (χ0n) is 27.5. The third-order valence-electron chi connectivity index (χ3n) is 9.53. The second-order valence-electron chi connectivity index (χ2n) is 14.6. The fourth-order valence-corrected chi connectivity index (χ4v) is 50.7. The van der Waals surface area contributed by atoms with E-state index in [0.29, 0.717) is 13.2 Å². The smallest absolute Gasteiger partial charge is 0.186 e. The van der Waals surface area contributed by atoms with Gasteiger partial charge < -0.3 is 67.6 Å². The molecule has 18 heteroatoms. The number of nitrogens with zero attached hydrogens (tertiary/aromatic N) is 2. The van der Waals surface area contributed by atoms with Gasteiger partial charge in [-0.15, -0.1) is 0 Å². The van der Waals surface area contributed by atoms with Crippen LogP contribution in [0.25, 0.3) is 0 Å². The highest BCUT2D eigenvalue weighted by molar-refractivity contribution is 7.20. The van der Waals surface area contributed by atoms with Crippen molar-refractivity contribution >= 4 is 33.3 Å². The van der Waals surface area contributed by atoms with Gasteiger partial charge in [-0.25, -0.2) is 0 Å². The van der Waals surface area contributed by atoms with Gasteiger partial charge in [-0.05, 0) is 51.1 Å². The van der Waals surface area contributed by atoms with Crippen LogP contribution in [0.5, 0.6) is 0 Å². The molecule has 3 saturated heterocycles. The Morgan fingerprint density at radius 2 is 0.886 bits per heavy atom. The molecule has 0 bridgehead atoms. The van der Waals surface area contributed by atoms with E-state index in [1.807, 2.05) is 0 Å². The Kier molecular flexibility index (Phi) is 13.1. The van der Waals surface area contributed by atoms with E-state index in [2.05, 4.69) is 60.2 Å². The molecule has 0 radical (unpaired) electrons. The maximum Gasteiger partial charge on any atom is 0.186 e. The number of rotatable bonds is 14. The van der Waals surface area contributed by atoms with Gasteiger partial charge in [-0.2, -0.15) is 0 Å². The molecular formula is C26H58N2O12Si4. The number of hydrogen-bond acceptors (Lipinski definition) is 14. The fourth-order valence-electron chi connectivity index (χ4n) is 8.50. The maximum absolute atomic E-state index is 10.3. The zero-order chi connectivity index (χ0) is 33.4. The SMILES string of the molecule is C[Si](C)(CCCO[C@@H]1O[C@H](CO)[C@@H](O)[C@H](O)[C@H]1O)N1[Si](C)(C)N([Si](C)(C)CCCO[C@@H]2O[C@H](CO)[C@@H](O)[C@H](O)[C@H]2O)[Si]1(C)C. The first-order chi connectivity index (χ1) is 20.3. The number of hydrogen-bond donors (Lipinski definition) is 8. The van der Waals surface area contributed by atoms with Crippen molar-refractivity contribution in [3.05, 3.63) is 0 Å². The molecule has 0 amide bonds. The molecule has 3 rings (SSSR count). The first-order valence-corrected chi connectivity index (χ1v) is 27.8.